The van der Waals surface area contributed by atoms with Crippen LogP contribution < -0.4 is 10.5 Å². The van der Waals surface area contributed by atoms with Gasteiger partial charge < -0.3 is 15.2 Å². The summed E-state index contributed by atoms with van der Waals surface area (Å²) in [4.78, 5) is 15.8. The molecule has 0 amide bonds. The van der Waals surface area contributed by atoms with Crippen LogP contribution in [0.1, 0.15) is 31.2 Å². The minimum absolute atomic E-state index is 0.0912. The van der Waals surface area contributed by atoms with Crippen molar-refractivity contribution >= 4 is 5.97 Å². The van der Waals surface area contributed by atoms with E-state index in [0.717, 1.165) is 24.2 Å². The molecule has 1 aromatic rings. The number of pyridine rings is 1. The molecule has 19 heavy (non-hydrogen) atoms. The highest BCUT2D eigenvalue weighted by molar-refractivity contribution is 5.71. The van der Waals surface area contributed by atoms with E-state index in [1.54, 1.807) is 0 Å². The number of hydrogen-bond acceptors (Lipinski definition) is 5. The molecule has 0 aliphatic rings. The van der Waals surface area contributed by atoms with Crippen molar-refractivity contribution in [1.82, 2.24) is 4.98 Å². The molecule has 0 bridgehead atoms. The number of hydrogen-bond donors (Lipinski definition) is 1. The van der Waals surface area contributed by atoms with Gasteiger partial charge in [0.1, 0.15) is 5.75 Å². The smallest absolute Gasteiger partial charge is 0.344 e. The lowest BCUT2D eigenvalue weighted by molar-refractivity contribution is -0.146. The summed E-state index contributed by atoms with van der Waals surface area (Å²) in [6.45, 7) is 4.80. The fourth-order valence-electron chi connectivity index (χ4n) is 1.55. The van der Waals surface area contributed by atoms with Gasteiger partial charge >= 0.3 is 5.97 Å². The lowest BCUT2D eigenvalue weighted by atomic mass is 10.2. The SMILES string of the molecule is CCCCOC(=O)COc1ccc(C)nc1CCN. The molecule has 1 aromatic heterocycles. The summed E-state index contributed by atoms with van der Waals surface area (Å²) in [5.74, 6) is 0.246. The van der Waals surface area contributed by atoms with Gasteiger partial charge in [-0.15, -0.1) is 0 Å². The fraction of sp³-hybridized carbons (Fsp3) is 0.571. The van der Waals surface area contributed by atoms with E-state index in [2.05, 4.69) is 4.98 Å². The van der Waals surface area contributed by atoms with Crippen LogP contribution in [0.5, 0.6) is 5.75 Å². The maximum Gasteiger partial charge on any atom is 0.344 e. The van der Waals surface area contributed by atoms with Crippen molar-refractivity contribution in [1.29, 1.82) is 0 Å². The molecule has 0 saturated heterocycles. The summed E-state index contributed by atoms with van der Waals surface area (Å²) in [6, 6.07) is 3.66. The summed E-state index contributed by atoms with van der Waals surface area (Å²) in [5, 5.41) is 0. The van der Waals surface area contributed by atoms with Crippen molar-refractivity contribution in [2.75, 3.05) is 19.8 Å². The Morgan fingerprint density at radius 3 is 2.89 bits per heavy atom. The molecule has 5 heteroatoms. The number of nitrogens with two attached hydrogens (primary N) is 1. The van der Waals surface area contributed by atoms with E-state index >= 15 is 0 Å². The Morgan fingerprint density at radius 2 is 2.21 bits per heavy atom. The second-order valence-electron chi connectivity index (χ2n) is 4.30. The second-order valence-corrected chi connectivity index (χ2v) is 4.30. The molecular weight excluding hydrogens is 244 g/mol. The lowest BCUT2D eigenvalue weighted by Gasteiger charge is -2.10. The third-order valence-electron chi connectivity index (χ3n) is 2.56. The molecule has 0 spiro atoms. The largest absolute Gasteiger partial charge is 0.480 e. The molecule has 0 aliphatic heterocycles. The number of aryl methyl sites for hydroxylation is 1. The maximum atomic E-state index is 11.4. The number of esters is 1. The van der Waals surface area contributed by atoms with Gasteiger partial charge in [0.15, 0.2) is 6.61 Å². The van der Waals surface area contributed by atoms with E-state index in [1.165, 1.54) is 0 Å². The molecule has 0 fully saturated rings. The summed E-state index contributed by atoms with van der Waals surface area (Å²) < 4.78 is 10.5. The average molecular weight is 266 g/mol. The first-order valence-corrected chi connectivity index (χ1v) is 6.62. The van der Waals surface area contributed by atoms with Crippen LogP contribution in [0.25, 0.3) is 0 Å². The van der Waals surface area contributed by atoms with Crippen LogP contribution in [0.2, 0.25) is 0 Å². The van der Waals surface area contributed by atoms with Crippen LogP contribution in [0.3, 0.4) is 0 Å². The molecule has 0 aromatic carbocycles. The van der Waals surface area contributed by atoms with Crippen molar-refractivity contribution in [3.8, 4) is 5.75 Å². The molecule has 0 radical (unpaired) electrons. The number of nitrogens with zero attached hydrogens (tertiary/aromatic N) is 1. The summed E-state index contributed by atoms with van der Waals surface area (Å²) >= 11 is 0. The van der Waals surface area contributed by atoms with Gasteiger partial charge in [0.2, 0.25) is 0 Å². The van der Waals surface area contributed by atoms with Crippen LogP contribution in [-0.4, -0.2) is 30.7 Å². The number of ether oxygens (including phenoxy) is 2. The van der Waals surface area contributed by atoms with Gasteiger partial charge in [0, 0.05) is 12.1 Å². The molecule has 106 valence electrons. The van der Waals surface area contributed by atoms with E-state index < -0.39 is 0 Å². The predicted octanol–water partition coefficient (Wildman–Crippen LogP) is 1.61. The second kappa shape index (κ2) is 8.48. The van der Waals surface area contributed by atoms with Crippen LogP contribution in [0.15, 0.2) is 12.1 Å². The van der Waals surface area contributed by atoms with Gasteiger partial charge in [-0.1, -0.05) is 13.3 Å². The van der Waals surface area contributed by atoms with Crippen molar-refractivity contribution in [2.45, 2.75) is 33.1 Å². The Morgan fingerprint density at radius 1 is 1.42 bits per heavy atom. The first kappa shape index (κ1) is 15.4. The standard InChI is InChI=1S/C14H22N2O3/c1-3-4-9-18-14(17)10-19-13-6-5-11(2)16-12(13)7-8-15/h5-6H,3-4,7-10,15H2,1-2H3. The molecule has 1 rings (SSSR count). The number of carbonyl (C=O) groups is 1. The molecule has 0 unspecified atom stereocenters. The lowest BCUT2D eigenvalue weighted by Crippen LogP contribution is -2.17. The molecule has 0 aliphatic carbocycles. The van der Waals surface area contributed by atoms with Crippen molar-refractivity contribution < 1.29 is 14.3 Å². The van der Waals surface area contributed by atoms with Gasteiger partial charge in [-0.2, -0.15) is 0 Å². The minimum atomic E-state index is -0.354. The number of rotatable bonds is 8. The zero-order valence-corrected chi connectivity index (χ0v) is 11.6. The Bertz CT molecular complexity index is 408. The molecule has 0 saturated carbocycles. The zero-order valence-electron chi connectivity index (χ0n) is 11.6. The highest BCUT2D eigenvalue weighted by atomic mass is 16.6. The Kier molecular flexibility index (Phi) is 6.89. The normalized spacial score (nSPS) is 10.3. The fourth-order valence-corrected chi connectivity index (χ4v) is 1.55. The molecule has 1 heterocycles. The Hall–Kier alpha value is -1.62. The van der Waals surface area contributed by atoms with Gasteiger partial charge in [0.05, 0.1) is 12.3 Å². The topological polar surface area (TPSA) is 74.4 Å². The number of aromatic nitrogens is 1. The van der Waals surface area contributed by atoms with Crippen LogP contribution >= 0.6 is 0 Å². The van der Waals surface area contributed by atoms with Crippen LogP contribution in [0.4, 0.5) is 0 Å². The number of carbonyl (C=O) groups excluding carboxylic acids is 1. The van der Waals surface area contributed by atoms with Crippen LogP contribution in [0, 0.1) is 6.92 Å². The predicted molar refractivity (Wildman–Crippen MR) is 73.1 cm³/mol. The molecule has 5 nitrogen and oxygen atoms in total. The summed E-state index contributed by atoms with van der Waals surface area (Å²) in [5.41, 5.74) is 7.21. The molecule has 2 N–H and O–H groups in total. The highest BCUT2D eigenvalue weighted by Gasteiger charge is 2.09. The number of unbranched alkanes of at least 4 members (excludes halogenated alkanes) is 1. The van der Waals surface area contributed by atoms with Gasteiger partial charge in [-0.3, -0.25) is 4.98 Å². The minimum Gasteiger partial charge on any atom is -0.480 e. The summed E-state index contributed by atoms with van der Waals surface area (Å²) in [6.07, 6.45) is 2.49. The van der Waals surface area contributed by atoms with Gasteiger partial charge in [-0.25, -0.2) is 4.79 Å². The van der Waals surface area contributed by atoms with E-state index in [9.17, 15) is 4.79 Å². The van der Waals surface area contributed by atoms with E-state index in [1.807, 2.05) is 26.0 Å². The van der Waals surface area contributed by atoms with Crippen LogP contribution in [-0.2, 0) is 16.0 Å². The maximum absolute atomic E-state index is 11.4. The first-order chi connectivity index (χ1) is 9.17. The van der Waals surface area contributed by atoms with Gasteiger partial charge in [0.25, 0.3) is 0 Å². The monoisotopic (exact) mass is 266 g/mol. The third kappa shape index (κ3) is 5.70. The quantitative estimate of drug-likeness (QED) is 0.571. The summed E-state index contributed by atoms with van der Waals surface area (Å²) in [7, 11) is 0. The molecule has 0 atom stereocenters. The zero-order chi connectivity index (χ0) is 14.1. The van der Waals surface area contributed by atoms with E-state index in [-0.39, 0.29) is 12.6 Å². The Labute approximate surface area is 114 Å². The molecular formula is C14H22N2O3. The highest BCUT2D eigenvalue weighted by Crippen LogP contribution is 2.17. The van der Waals surface area contributed by atoms with Gasteiger partial charge in [-0.05, 0) is 32.0 Å². The van der Waals surface area contributed by atoms with E-state index in [4.69, 9.17) is 15.2 Å². The third-order valence-corrected chi connectivity index (χ3v) is 2.56. The van der Waals surface area contributed by atoms with Crippen molar-refractivity contribution in [2.24, 2.45) is 5.73 Å². The average Bonchev–Trinajstić information content (AvgIpc) is 2.38. The van der Waals surface area contributed by atoms with Crippen molar-refractivity contribution in [3.05, 3.63) is 23.5 Å². The van der Waals surface area contributed by atoms with Crippen molar-refractivity contribution in [3.63, 3.8) is 0 Å². The first-order valence-electron chi connectivity index (χ1n) is 6.62. The Balaban J connectivity index is 2.50. The van der Waals surface area contributed by atoms with E-state index in [0.29, 0.717) is 25.3 Å².